The first-order valence-electron chi connectivity index (χ1n) is 5.76. The molecule has 0 unspecified atom stereocenters. The molecule has 0 heterocycles. The fourth-order valence-electron chi connectivity index (χ4n) is 1.47. The zero-order valence-electron chi connectivity index (χ0n) is 12.7. The molecule has 0 saturated carbocycles. The molecule has 0 bridgehead atoms. The maximum absolute atomic E-state index is 12.0. The molecule has 1 rings (SSSR count). The van der Waals surface area contributed by atoms with E-state index in [9.17, 15) is 18.0 Å². The van der Waals surface area contributed by atoms with E-state index in [0.29, 0.717) is 0 Å². The molecule has 1 aromatic rings. The molecule has 0 fully saturated rings. The molecule has 0 spiro atoms. The van der Waals surface area contributed by atoms with Crippen LogP contribution in [0.3, 0.4) is 0 Å². The number of benzene rings is 1. The second-order valence-corrected chi connectivity index (χ2v) is 5.97. The van der Waals surface area contributed by atoms with Crippen LogP contribution in [0.15, 0.2) is 29.2 Å². The summed E-state index contributed by atoms with van der Waals surface area (Å²) in [6, 6.07) is 4.41. The first-order valence-corrected chi connectivity index (χ1v) is 7.24. The van der Waals surface area contributed by atoms with Crippen LogP contribution in [0.1, 0.15) is 19.8 Å². The van der Waals surface area contributed by atoms with E-state index in [1.807, 2.05) is 4.72 Å². The van der Waals surface area contributed by atoms with Gasteiger partial charge in [0.15, 0.2) is 0 Å². The zero-order chi connectivity index (χ0) is 15.3. The summed E-state index contributed by atoms with van der Waals surface area (Å²) in [6.45, 7) is 1.79. The zero-order valence-corrected chi connectivity index (χ0v) is 15.7. The Balaban J connectivity index is 0. The van der Waals surface area contributed by atoms with Crippen molar-refractivity contribution < 1.29 is 81.0 Å². The smallest absolute Gasteiger partial charge is 1.00 e. The average molecular weight is 341 g/mol. The van der Waals surface area contributed by atoms with Gasteiger partial charge in [0.1, 0.15) is 6.04 Å². The number of carboxylic acid groups (broad SMARTS) is 2. The number of hydrogen-bond donors (Lipinski definition) is 3. The van der Waals surface area contributed by atoms with Crippen LogP contribution in [0.5, 0.6) is 0 Å². The SMILES string of the molecule is Cc1ccc(S(=O)(=O)N[C@@H](CCC(=O)O)C(=O)O)cc1.[H-].[K+]. The van der Waals surface area contributed by atoms with Crippen LogP contribution < -0.4 is 56.1 Å². The number of hydrogen-bond acceptors (Lipinski definition) is 4. The molecule has 0 saturated heterocycles. The van der Waals surface area contributed by atoms with Crippen LogP contribution >= 0.6 is 0 Å². The molecule has 112 valence electrons. The monoisotopic (exact) mass is 341 g/mol. The van der Waals surface area contributed by atoms with Crippen molar-refractivity contribution in [2.45, 2.75) is 30.7 Å². The largest absolute Gasteiger partial charge is 1.00 e. The number of nitrogens with one attached hydrogen (secondary N) is 1. The molecule has 0 radical (unpaired) electrons. The van der Waals surface area contributed by atoms with Crippen molar-refractivity contribution in [3.8, 4) is 0 Å². The quantitative estimate of drug-likeness (QED) is 0.480. The average Bonchev–Trinajstić information content (AvgIpc) is 2.34. The number of sulfonamides is 1. The second-order valence-electron chi connectivity index (χ2n) is 4.26. The van der Waals surface area contributed by atoms with Gasteiger partial charge in [0.2, 0.25) is 10.0 Å². The standard InChI is InChI=1S/C12H15NO6S.K.H/c1-8-2-4-9(5-3-8)20(18,19)13-10(12(16)17)6-7-11(14)15;;/h2-5,10,13H,6-7H2,1H3,(H,14,15)(H,16,17);;/q;+1;-1/t10-;;/m0../s1. The Morgan fingerprint density at radius 2 is 1.76 bits per heavy atom. The van der Waals surface area contributed by atoms with Crippen molar-refractivity contribution in [1.29, 1.82) is 0 Å². The fraction of sp³-hybridized carbons (Fsp3) is 0.333. The van der Waals surface area contributed by atoms with Gasteiger partial charge in [0, 0.05) is 6.42 Å². The van der Waals surface area contributed by atoms with Crippen LogP contribution in [0.2, 0.25) is 0 Å². The topological polar surface area (TPSA) is 121 Å². The summed E-state index contributed by atoms with van der Waals surface area (Å²) in [5.41, 5.74) is 0.865. The predicted molar refractivity (Wildman–Crippen MR) is 70.9 cm³/mol. The number of aryl methyl sites for hydroxylation is 1. The van der Waals surface area contributed by atoms with Crippen LogP contribution in [0.25, 0.3) is 0 Å². The van der Waals surface area contributed by atoms with Crippen LogP contribution in [0, 0.1) is 6.92 Å². The van der Waals surface area contributed by atoms with Gasteiger partial charge in [0.25, 0.3) is 0 Å². The molecular formula is C12H16KNO6S. The maximum atomic E-state index is 12.0. The normalized spacial score (nSPS) is 12.2. The van der Waals surface area contributed by atoms with E-state index in [2.05, 4.69) is 0 Å². The summed E-state index contributed by atoms with van der Waals surface area (Å²) in [7, 11) is -3.99. The Labute approximate surface area is 166 Å². The van der Waals surface area contributed by atoms with Gasteiger partial charge in [-0.25, -0.2) is 8.42 Å². The van der Waals surface area contributed by atoms with Gasteiger partial charge < -0.3 is 11.6 Å². The second kappa shape index (κ2) is 8.98. The molecule has 0 aliphatic carbocycles. The molecule has 3 N–H and O–H groups in total. The molecule has 0 aromatic heterocycles. The number of rotatable bonds is 7. The predicted octanol–water partition coefficient (Wildman–Crippen LogP) is -2.29. The van der Waals surface area contributed by atoms with Crippen molar-refractivity contribution >= 4 is 22.0 Å². The molecule has 21 heavy (non-hydrogen) atoms. The van der Waals surface area contributed by atoms with Crippen LogP contribution in [-0.2, 0) is 19.6 Å². The maximum Gasteiger partial charge on any atom is 1.00 e. The third-order valence-corrected chi connectivity index (χ3v) is 4.06. The first-order chi connectivity index (χ1) is 9.22. The van der Waals surface area contributed by atoms with E-state index in [1.165, 1.54) is 12.1 Å². The van der Waals surface area contributed by atoms with E-state index in [0.717, 1.165) is 5.56 Å². The van der Waals surface area contributed by atoms with Crippen molar-refractivity contribution in [2.75, 3.05) is 0 Å². The Morgan fingerprint density at radius 3 is 2.19 bits per heavy atom. The number of carboxylic acids is 2. The summed E-state index contributed by atoms with van der Waals surface area (Å²) < 4.78 is 26.0. The Kier molecular flexibility index (Phi) is 8.86. The fourth-order valence-corrected chi connectivity index (χ4v) is 2.70. The van der Waals surface area contributed by atoms with Gasteiger partial charge in [-0.3, -0.25) is 9.59 Å². The van der Waals surface area contributed by atoms with E-state index < -0.39 is 34.4 Å². The van der Waals surface area contributed by atoms with Crippen LogP contribution in [-0.4, -0.2) is 36.6 Å². The van der Waals surface area contributed by atoms with E-state index in [-0.39, 0.29) is 64.1 Å². The van der Waals surface area contributed by atoms with E-state index in [1.54, 1.807) is 19.1 Å². The van der Waals surface area contributed by atoms with Gasteiger partial charge in [-0.2, -0.15) is 4.72 Å². The Hall–Kier alpha value is -0.294. The minimum atomic E-state index is -3.99. The summed E-state index contributed by atoms with van der Waals surface area (Å²) in [6.07, 6.45) is -0.761. The van der Waals surface area contributed by atoms with Crippen LogP contribution in [0.4, 0.5) is 0 Å². The molecule has 9 heteroatoms. The summed E-state index contributed by atoms with van der Waals surface area (Å²) in [5.74, 6) is -2.60. The van der Waals surface area contributed by atoms with Crippen molar-refractivity contribution in [3.05, 3.63) is 29.8 Å². The molecule has 1 atom stereocenters. The number of aliphatic carboxylic acids is 2. The number of carbonyl (C=O) groups is 2. The van der Waals surface area contributed by atoms with Gasteiger partial charge in [-0.1, -0.05) is 17.7 Å². The minimum absolute atomic E-state index is 0. The van der Waals surface area contributed by atoms with E-state index in [4.69, 9.17) is 10.2 Å². The summed E-state index contributed by atoms with van der Waals surface area (Å²) >= 11 is 0. The minimum Gasteiger partial charge on any atom is -1.00 e. The Morgan fingerprint density at radius 1 is 1.24 bits per heavy atom. The van der Waals surface area contributed by atoms with Gasteiger partial charge >= 0.3 is 63.3 Å². The van der Waals surface area contributed by atoms with Gasteiger partial charge in [-0.15, -0.1) is 0 Å². The third kappa shape index (κ3) is 7.00. The molecule has 0 aliphatic rings. The summed E-state index contributed by atoms with van der Waals surface area (Å²) in [4.78, 5) is 21.3. The molecule has 1 aromatic carbocycles. The van der Waals surface area contributed by atoms with E-state index >= 15 is 0 Å². The Bertz CT molecular complexity index is 605. The molecule has 0 aliphatic heterocycles. The molecular weight excluding hydrogens is 325 g/mol. The van der Waals surface area contributed by atoms with Gasteiger partial charge in [-0.05, 0) is 25.5 Å². The first kappa shape index (κ1) is 20.7. The molecule has 0 amide bonds. The van der Waals surface area contributed by atoms with Crippen molar-refractivity contribution in [1.82, 2.24) is 4.72 Å². The van der Waals surface area contributed by atoms with Gasteiger partial charge in [0.05, 0.1) is 4.90 Å². The molecule has 7 nitrogen and oxygen atoms in total. The van der Waals surface area contributed by atoms with Crippen molar-refractivity contribution in [3.63, 3.8) is 0 Å². The summed E-state index contributed by atoms with van der Waals surface area (Å²) in [5, 5.41) is 17.4. The third-order valence-electron chi connectivity index (χ3n) is 2.57. The van der Waals surface area contributed by atoms with Crippen molar-refractivity contribution in [2.24, 2.45) is 0 Å².